The molecule has 0 bridgehead atoms. The number of benzene rings is 3. The Kier molecular flexibility index (Phi) is 6.65. The normalized spacial score (nSPS) is 16.2. The minimum absolute atomic E-state index is 0.0176. The highest BCUT2D eigenvalue weighted by molar-refractivity contribution is 6.30. The monoisotopic (exact) mass is 452 g/mol. The molecular weight excluding hydrogens is 428 g/mol. The predicted octanol–water partition coefficient (Wildman–Crippen LogP) is 4.59. The molecule has 0 fully saturated rings. The van der Waals surface area contributed by atoms with Gasteiger partial charge in [0, 0.05) is 23.3 Å². The fraction of sp³-hybridized carbons (Fsp3) is 0.240. The van der Waals surface area contributed by atoms with Crippen LogP contribution in [-0.2, 0) is 12.8 Å². The number of carbonyl (C=O) groups is 1. The molecule has 0 radical (unpaired) electrons. The Morgan fingerprint density at radius 2 is 1.81 bits per heavy atom. The molecule has 1 aliphatic carbocycles. The molecule has 4 rings (SSSR count). The zero-order valence-corrected chi connectivity index (χ0v) is 18.2. The summed E-state index contributed by atoms with van der Waals surface area (Å²) in [6, 6.07) is 18.0. The Morgan fingerprint density at radius 1 is 1.09 bits per heavy atom. The maximum atomic E-state index is 11.3. The lowest BCUT2D eigenvalue weighted by Gasteiger charge is -2.27. The van der Waals surface area contributed by atoms with E-state index in [4.69, 9.17) is 22.1 Å². The number of hydrogen-bond acceptors (Lipinski definition) is 5. The standard InChI is InChI=1S/C25H25ClN2O4/c26-18-5-1-16(2-6-18)24(29)14-28-19-7-3-15-4-8-20(12-17(15)11-19)32-21-9-10-23(27)22(13-21)25(30)31/h1-2,4-6,8-10,12-13,19,24,28-29H,3,7,11,14,27H2,(H,30,31)/t19-,24+/m0/s1. The quantitative estimate of drug-likeness (QED) is 0.391. The summed E-state index contributed by atoms with van der Waals surface area (Å²) in [4.78, 5) is 11.3. The van der Waals surface area contributed by atoms with Gasteiger partial charge in [-0.1, -0.05) is 29.8 Å². The molecule has 7 heteroatoms. The highest BCUT2D eigenvalue weighted by Crippen LogP contribution is 2.30. The number of anilines is 1. The number of nitrogens with two attached hydrogens (primary N) is 1. The number of ether oxygens (including phenoxy) is 1. The molecule has 3 aromatic carbocycles. The van der Waals surface area contributed by atoms with Gasteiger partial charge in [0.05, 0.1) is 11.7 Å². The smallest absolute Gasteiger partial charge is 0.337 e. The van der Waals surface area contributed by atoms with Crippen LogP contribution < -0.4 is 15.8 Å². The summed E-state index contributed by atoms with van der Waals surface area (Å²) in [5.74, 6) is -0.0204. The van der Waals surface area contributed by atoms with Crippen molar-refractivity contribution in [1.29, 1.82) is 0 Å². The average molecular weight is 453 g/mol. The highest BCUT2D eigenvalue weighted by Gasteiger charge is 2.20. The fourth-order valence-corrected chi connectivity index (χ4v) is 4.10. The number of aliphatic hydroxyl groups excluding tert-OH is 1. The molecule has 32 heavy (non-hydrogen) atoms. The van der Waals surface area contributed by atoms with Crippen LogP contribution in [0.25, 0.3) is 0 Å². The Hall–Kier alpha value is -3.06. The lowest BCUT2D eigenvalue weighted by Crippen LogP contribution is -2.37. The maximum Gasteiger partial charge on any atom is 0.337 e. The Balaban J connectivity index is 1.40. The third kappa shape index (κ3) is 5.22. The van der Waals surface area contributed by atoms with E-state index in [-0.39, 0.29) is 17.3 Å². The number of aryl methyl sites for hydroxylation is 1. The number of fused-ring (bicyclic) bond motifs is 1. The van der Waals surface area contributed by atoms with Crippen molar-refractivity contribution in [2.75, 3.05) is 12.3 Å². The van der Waals surface area contributed by atoms with Gasteiger partial charge in [-0.05, 0) is 78.4 Å². The van der Waals surface area contributed by atoms with Crippen LogP contribution in [0.15, 0.2) is 60.7 Å². The molecule has 0 aliphatic heterocycles. The first-order valence-corrected chi connectivity index (χ1v) is 10.9. The number of halogens is 1. The Labute approximate surface area is 191 Å². The van der Waals surface area contributed by atoms with Gasteiger partial charge < -0.3 is 26.0 Å². The molecular formula is C25H25ClN2O4. The van der Waals surface area contributed by atoms with Crippen molar-refractivity contribution in [3.63, 3.8) is 0 Å². The first-order valence-electron chi connectivity index (χ1n) is 10.5. The topological polar surface area (TPSA) is 105 Å². The third-order valence-corrected chi connectivity index (χ3v) is 6.00. The Morgan fingerprint density at radius 3 is 2.56 bits per heavy atom. The van der Waals surface area contributed by atoms with Gasteiger partial charge in [0.15, 0.2) is 0 Å². The van der Waals surface area contributed by atoms with Crippen LogP contribution in [0.1, 0.15) is 39.6 Å². The van der Waals surface area contributed by atoms with Crippen molar-refractivity contribution < 1.29 is 19.7 Å². The summed E-state index contributed by atoms with van der Waals surface area (Å²) in [5.41, 5.74) is 9.22. The molecule has 1 aliphatic rings. The van der Waals surface area contributed by atoms with Crippen molar-refractivity contribution in [3.05, 3.63) is 87.9 Å². The van der Waals surface area contributed by atoms with Gasteiger partial charge >= 0.3 is 5.97 Å². The van der Waals surface area contributed by atoms with Crippen LogP contribution in [-0.4, -0.2) is 28.8 Å². The van der Waals surface area contributed by atoms with E-state index >= 15 is 0 Å². The molecule has 166 valence electrons. The van der Waals surface area contributed by atoms with Crippen molar-refractivity contribution in [3.8, 4) is 11.5 Å². The van der Waals surface area contributed by atoms with Crippen molar-refractivity contribution in [2.24, 2.45) is 0 Å². The maximum absolute atomic E-state index is 11.3. The van der Waals surface area contributed by atoms with Crippen molar-refractivity contribution >= 4 is 23.3 Å². The van der Waals surface area contributed by atoms with Crippen molar-refractivity contribution in [2.45, 2.75) is 31.4 Å². The van der Waals surface area contributed by atoms with Gasteiger partial charge in [0.2, 0.25) is 0 Å². The van der Waals surface area contributed by atoms with E-state index < -0.39 is 12.1 Å². The zero-order valence-electron chi connectivity index (χ0n) is 17.4. The van der Waals surface area contributed by atoms with E-state index in [9.17, 15) is 15.0 Å². The number of aromatic carboxylic acids is 1. The molecule has 0 saturated heterocycles. The van der Waals surface area contributed by atoms with Gasteiger partial charge in [0.1, 0.15) is 11.5 Å². The fourth-order valence-electron chi connectivity index (χ4n) is 3.97. The number of hydrogen-bond donors (Lipinski definition) is 4. The van der Waals surface area contributed by atoms with Gasteiger partial charge in [-0.3, -0.25) is 0 Å². The second kappa shape index (κ2) is 9.61. The van der Waals surface area contributed by atoms with Crippen molar-refractivity contribution in [1.82, 2.24) is 5.32 Å². The highest BCUT2D eigenvalue weighted by atomic mass is 35.5. The van der Waals surface area contributed by atoms with E-state index in [1.165, 1.54) is 23.3 Å². The Bertz CT molecular complexity index is 1120. The number of carboxylic acids is 1. The summed E-state index contributed by atoms with van der Waals surface area (Å²) >= 11 is 5.92. The van der Waals surface area contributed by atoms with Crippen LogP contribution >= 0.6 is 11.6 Å². The molecule has 3 aromatic rings. The first-order chi connectivity index (χ1) is 15.4. The molecule has 2 atom stereocenters. The largest absolute Gasteiger partial charge is 0.478 e. The molecule has 6 nitrogen and oxygen atoms in total. The van der Waals surface area contributed by atoms with Crippen LogP contribution in [0, 0.1) is 0 Å². The van der Waals surface area contributed by atoms with Crippen LogP contribution in [0.5, 0.6) is 11.5 Å². The lowest BCUT2D eigenvalue weighted by atomic mass is 9.88. The molecule has 0 saturated carbocycles. The molecule has 0 unspecified atom stereocenters. The lowest BCUT2D eigenvalue weighted by molar-refractivity contribution is 0.0697. The minimum Gasteiger partial charge on any atom is -0.478 e. The van der Waals surface area contributed by atoms with Crippen LogP contribution in [0.2, 0.25) is 5.02 Å². The number of nitrogen functional groups attached to an aromatic ring is 1. The van der Waals surface area contributed by atoms with Gasteiger partial charge in [0.25, 0.3) is 0 Å². The van der Waals surface area contributed by atoms with E-state index in [1.54, 1.807) is 18.2 Å². The molecule has 0 spiro atoms. The van der Waals surface area contributed by atoms with E-state index in [1.807, 2.05) is 24.3 Å². The molecule has 5 N–H and O–H groups in total. The van der Waals surface area contributed by atoms with Gasteiger partial charge in [-0.2, -0.15) is 0 Å². The van der Waals surface area contributed by atoms with E-state index in [0.717, 1.165) is 24.8 Å². The molecule has 0 heterocycles. The average Bonchev–Trinajstić information content (AvgIpc) is 2.78. The number of aliphatic hydroxyl groups is 1. The first kappa shape index (κ1) is 22.1. The van der Waals surface area contributed by atoms with E-state index in [2.05, 4.69) is 11.4 Å². The van der Waals surface area contributed by atoms with Crippen LogP contribution in [0.4, 0.5) is 5.69 Å². The summed E-state index contributed by atoms with van der Waals surface area (Å²) in [7, 11) is 0. The number of nitrogens with one attached hydrogen (secondary N) is 1. The summed E-state index contributed by atoms with van der Waals surface area (Å²) in [6.07, 6.45) is 2.15. The third-order valence-electron chi connectivity index (χ3n) is 5.75. The van der Waals surface area contributed by atoms with Crippen LogP contribution in [0.3, 0.4) is 0 Å². The molecule has 0 amide bonds. The minimum atomic E-state index is -1.09. The summed E-state index contributed by atoms with van der Waals surface area (Å²) in [6.45, 7) is 0.460. The summed E-state index contributed by atoms with van der Waals surface area (Å²) in [5, 5.41) is 23.8. The molecule has 0 aromatic heterocycles. The second-order valence-corrected chi connectivity index (χ2v) is 8.44. The van der Waals surface area contributed by atoms with Gasteiger partial charge in [-0.25, -0.2) is 4.79 Å². The SMILES string of the molecule is Nc1ccc(Oc2ccc3c(c2)C[C@@H](NC[C@@H](O)c2ccc(Cl)cc2)CC3)cc1C(=O)O. The van der Waals surface area contributed by atoms with E-state index in [0.29, 0.717) is 23.1 Å². The number of rotatable bonds is 7. The number of carboxylic acid groups (broad SMARTS) is 1. The summed E-state index contributed by atoms with van der Waals surface area (Å²) < 4.78 is 5.90. The second-order valence-electron chi connectivity index (χ2n) is 8.00. The zero-order chi connectivity index (χ0) is 22.7. The predicted molar refractivity (Wildman–Crippen MR) is 125 cm³/mol. The van der Waals surface area contributed by atoms with Gasteiger partial charge in [-0.15, -0.1) is 0 Å².